The molecule has 0 atom stereocenters. The normalized spacial score (nSPS) is 15.0. The largest absolute Gasteiger partial charge is 1.00 e. The van der Waals surface area contributed by atoms with Gasteiger partial charge in [0.25, 0.3) is 23.3 Å². The molecule has 5 amide bonds. The van der Waals surface area contributed by atoms with Crippen LogP contribution in [0, 0.1) is 22.7 Å². The van der Waals surface area contributed by atoms with Crippen LogP contribution in [0.1, 0.15) is 66.0 Å². The van der Waals surface area contributed by atoms with Crippen LogP contribution in [-0.2, 0) is 40.0 Å². The van der Waals surface area contributed by atoms with Gasteiger partial charge in [0.15, 0.2) is 17.3 Å². The summed E-state index contributed by atoms with van der Waals surface area (Å²) in [7, 11) is -6.96. The van der Waals surface area contributed by atoms with Crippen molar-refractivity contribution in [2.45, 2.75) is 73.0 Å². The van der Waals surface area contributed by atoms with E-state index in [2.05, 4.69) is 336 Å². The van der Waals surface area contributed by atoms with Crippen molar-refractivity contribution >= 4 is 540 Å². The predicted octanol–water partition coefficient (Wildman–Crippen LogP) is 26.7. The summed E-state index contributed by atoms with van der Waals surface area (Å²) < 4.78 is 17.0. The van der Waals surface area contributed by atoms with Crippen LogP contribution >= 0.6 is 481 Å². The van der Waals surface area contributed by atoms with Gasteiger partial charge in [0.05, 0.1) is 51.5 Å². The number of alkyl carbamates (subject to hydrolysis) is 1. The molecule has 584 valence electrons. The molecule has 2 aliphatic heterocycles. The van der Waals surface area contributed by atoms with E-state index in [1.165, 1.54) is 41.1 Å². The number of aromatic amines is 1. The Morgan fingerprint density at radius 2 is 1.14 bits per heavy atom. The number of nitriles is 2. The van der Waals surface area contributed by atoms with Crippen molar-refractivity contribution in [1.82, 2.24) is 19.8 Å². The van der Waals surface area contributed by atoms with Crippen LogP contribution in [0.25, 0.3) is 0 Å². The minimum absolute atomic E-state index is 0. The van der Waals surface area contributed by atoms with Crippen molar-refractivity contribution in [1.29, 1.82) is 10.5 Å². The summed E-state index contributed by atoms with van der Waals surface area (Å²) in [6, 6.07) is 8.05. The zero-order chi connectivity index (χ0) is 76.8. The van der Waals surface area contributed by atoms with Crippen LogP contribution in [-0.4, -0.2) is 80.0 Å². The Bertz CT molecular complexity index is 3710. The minimum Gasteiger partial charge on any atom is 1.00 e. The molecule has 5 rings (SSSR count). The predicted molar refractivity (Wildman–Crippen MR) is 686 cm³/mol. The molecule has 22 nitrogen and oxygen atoms in total. The van der Waals surface area contributed by atoms with Gasteiger partial charge in [-0.05, 0) is 77.4 Å². The van der Waals surface area contributed by atoms with E-state index in [-0.39, 0.29) is 146 Å². The van der Waals surface area contributed by atoms with Crippen LogP contribution < -0.4 is 101 Å². The summed E-state index contributed by atoms with van der Waals surface area (Å²) >= 11 is 79.6. The number of anilines is 1. The Morgan fingerprint density at radius 3 is 1.54 bits per heavy atom. The van der Waals surface area contributed by atoms with Crippen LogP contribution in [0.5, 0.6) is 17.2 Å². The van der Waals surface area contributed by atoms with Gasteiger partial charge in [0, 0.05) is 24.5 Å². The monoisotopic (exact) mass is 5230 g/mol. The standard InChI is InChI=1S/C20H19Cl2N5O6.C19H14Cl2N4O5.C2H4O2.I33.K/c1-4-32-20(31)26-17(28)14(7-23)24-8-11-5-12(21)16(13(22)6-11)33-15-9-27(10(2)3)19(30)25-18(15)29;1-9(2)24-16(27)4-3-15(19(24)29)30-18-11(20)5-10(6-12(18)21)25-17(28)7-14(26)13(8-22)23-25;1-2(3)4;1-18-20(4)22(6)24(8)26(10)28(12)30(14)32(16)33(17)31(15)29(13)27(11)25(9)23(7)21(5)19(2)3;/h5-6,9-10H,4,8H2,1-3H3,(H,25,29,30)(H,26,28,31);3,5-6,9H,4,7H2,1-2H3;1H3,(H,3,4);;/q;;;-1;+1/p-1. The second-order valence-corrected chi connectivity index (χ2v) is 765. The first-order valence-corrected chi connectivity index (χ1v) is 226. The SMILES string of the molecule is CC(=O)[O-].CC(C)N1C(=O)CC=C(Oc2c(Cl)cc(N3N=C(C#N)C(=O)CC3=O)cc2Cl)C1=O.CCOC(=O)NC(=O)C(C#N)=NCc1cc(Cl)c(Oc2cn(C(C)C)c(=O)[nH]c2=O)c(Cl)c1.I[I-]I(I)I(I)I(I)I(I)I(I)I(I)I(I)I(I)I(I)I(I)I(I)I(I)I(I)I(I)I(I)I.[K+]. The fraction of sp³-hybridized carbons (Fsp3) is 0.293. The van der Waals surface area contributed by atoms with Gasteiger partial charge in [-0.3, -0.25) is 53.5 Å². The molecular formula is C41H36Cl4I33KN9O13-. The first-order valence-electron chi connectivity index (χ1n) is 23.7. The zero-order valence-electron chi connectivity index (χ0n) is 49.4. The molecule has 0 bridgehead atoms. The Balaban J connectivity index is 0.000000733. The number of aromatic nitrogens is 2. The molecule has 60 heteroatoms. The number of carboxylic acid groups (broad SMARTS) is 1. The van der Waals surface area contributed by atoms with Crippen LogP contribution in [0.15, 0.2) is 62.0 Å². The van der Waals surface area contributed by atoms with Crippen molar-refractivity contribution in [2.75, 3.05) is 11.6 Å². The summed E-state index contributed by atoms with van der Waals surface area (Å²) in [6.45, 7) is 9.31. The van der Waals surface area contributed by atoms with Gasteiger partial charge in [-0.2, -0.15) is 20.6 Å². The number of H-pyrrole nitrogens is 1. The summed E-state index contributed by atoms with van der Waals surface area (Å²) in [6.07, 6.45) is 1.05. The maximum absolute atomic E-state index is 12.6. The number of ether oxygens (including phenoxy) is 3. The number of Topliss-reactive ketones (excluding diaryl/α,β-unsaturated/α-hetero) is 1. The van der Waals surface area contributed by atoms with E-state index in [0.717, 1.165) is 16.8 Å². The summed E-state index contributed by atoms with van der Waals surface area (Å²) in [5.41, 5.74) is -1.80. The fourth-order valence-corrected chi connectivity index (χ4v) is 5660. The number of aliphatic imine (C=N–C) groups is 1. The number of halogens is 37. The quantitative estimate of drug-likeness (QED) is 0.0248. The molecule has 0 unspecified atom stereocenters. The number of amides is 5. The number of carbonyl (C=O) groups is 7. The summed E-state index contributed by atoms with van der Waals surface area (Å²) in [5, 5.41) is 33.4. The molecule has 101 heavy (non-hydrogen) atoms. The van der Waals surface area contributed by atoms with Gasteiger partial charge in [0.2, 0.25) is 28.9 Å². The Kier molecular flexibility index (Phi) is 72.8. The number of carbonyl (C=O) groups excluding carboxylic acids is 7. The summed E-state index contributed by atoms with van der Waals surface area (Å²) in [5.74, 6) is -4.79. The number of imide groups is 2. The minimum atomic E-state index is -1.08. The molecule has 0 saturated carbocycles. The number of hydrogen-bond donors (Lipinski definition) is 2. The second-order valence-electron chi connectivity index (χ2n) is 16.3. The number of benzene rings is 2. The Hall–Kier alpha value is 18.4. The van der Waals surface area contributed by atoms with Gasteiger partial charge >= 0.3 is 511 Å². The Morgan fingerprint density at radius 1 is 0.703 bits per heavy atom. The number of rotatable bonds is 26. The number of ketones is 1. The number of nitrogens with zero attached hydrogens (tertiary/aromatic N) is 7. The van der Waals surface area contributed by atoms with Gasteiger partial charge in [0.1, 0.15) is 12.1 Å². The van der Waals surface area contributed by atoms with Gasteiger partial charge in [-0.1, -0.05) is 46.4 Å². The average molecular weight is 5230 g/mol. The van der Waals surface area contributed by atoms with E-state index in [4.69, 9.17) is 76.3 Å². The molecule has 3 aromatic rings. The number of hydrazone groups is 1. The van der Waals surface area contributed by atoms with Crippen LogP contribution in [0.3, 0.4) is 0 Å². The molecule has 0 saturated heterocycles. The van der Waals surface area contributed by atoms with Crippen molar-refractivity contribution in [3.63, 3.8) is 0 Å². The molecule has 0 radical (unpaired) electrons. The zero-order valence-corrected chi connectivity index (χ0v) is 127. The number of carboxylic acids is 1. The van der Waals surface area contributed by atoms with E-state index in [9.17, 15) is 38.4 Å². The first kappa shape index (κ1) is 117. The maximum Gasteiger partial charge on any atom is 1.00 e. The van der Waals surface area contributed by atoms with E-state index in [1.54, 1.807) is 46.8 Å². The smallest absolute Gasteiger partial charge is 1.00 e. The van der Waals surface area contributed by atoms with Crippen LogP contribution in [0.2, 0.25) is 20.1 Å². The number of hydrogen-bond acceptors (Lipinski definition) is 17. The molecule has 1 aromatic heterocycles. The van der Waals surface area contributed by atoms with E-state index in [1.807, 2.05) is 5.32 Å². The van der Waals surface area contributed by atoms with Gasteiger partial charge in [-0.15, -0.1) is 0 Å². The maximum atomic E-state index is 12.6. The number of nitrogens with one attached hydrogen (secondary N) is 2. The average Bonchev–Trinajstić information content (AvgIpc) is 0.800. The third-order valence-electron chi connectivity index (χ3n) is 9.41. The molecule has 2 N–H and O–H groups in total. The van der Waals surface area contributed by atoms with Crippen molar-refractivity contribution in [3.05, 3.63) is 88.8 Å². The van der Waals surface area contributed by atoms with Gasteiger partial charge < -0.3 is 24.1 Å². The molecule has 2 aliphatic rings. The third-order valence-corrected chi connectivity index (χ3v) is 2410. The van der Waals surface area contributed by atoms with Crippen LogP contribution in [0.4, 0.5) is 10.5 Å². The third kappa shape index (κ3) is 41.1. The van der Waals surface area contributed by atoms with Crippen molar-refractivity contribution in [2.24, 2.45) is 10.1 Å². The molecule has 3 heterocycles. The topological polar surface area (TPSA) is 316 Å². The molecule has 0 spiro atoms. The molecular weight excluding hydrogens is 5200 g/mol. The summed E-state index contributed by atoms with van der Waals surface area (Å²) in [4.78, 5) is 111. The van der Waals surface area contributed by atoms with E-state index < -0.39 is 175 Å². The van der Waals surface area contributed by atoms with Gasteiger partial charge in [-0.25, -0.2) is 9.59 Å². The van der Waals surface area contributed by atoms with E-state index in [0.29, 0.717) is 18.8 Å². The molecule has 0 fully saturated rings. The molecule has 0 aliphatic carbocycles. The Labute approximate surface area is 869 Å². The van der Waals surface area contributed by atoms with Crippen molar-refractivity contribution < 1.29 is 118 Å². The second kappa shape index (κ2) is 62.6. The van der Waals surface area contributed by atoms with E-state index >= 15 is 0 Å². The number of aliphatic carboxylic acids is 1. The molecule has 2 aromatic carbocycles. The fourth-order valence-electron chi connectivity index (χ4n) is 5.77. The van der Waals surface area contributed by atoms with Crippen molar-refractivity contribution in [3.8, 4) is 29.4 Å². The first-order chi connectivity index (χ1) is 46.4.